The number of aliphatic imine (C=N–C) groups is 1. The third-order valence-corrected chi connectivity index (χ3v) is 5.10. The van der Waals surface area contributed by atoms with Crippen LogP contribution in [0, 0.1) is 0 Å². The Kier molecular flexibility index (Phi) is 3.93. The monoisotopic (exact) mass is 335 g/mol. The summed E-state index contributed by atoms with van der Waals surface area (Å²) in [5, 5.41) is 0. The summed E-state index contributed by atoms with van der Waals surface area (Å²) >= 11 is 0. The Morgan fingerprint density at radius 1 is 0.962 bits per heavy atom. The number of rotatable bonds is 4. The van der Waals surface area contributed by atoms with Gasteiger partial charge in [-0.05, 0) is 53.3 Å². The molecule has 1 aliphatic heterocycles. The maximum atomic E-state index is 4.69. The maximum Gasteiger partial charge on any atom is 0.0782 e. The van der Waals surface area contributed by atoms with E-state index in [2.05, 4.69) is 92.7 Å². The summed E-state index contributed by atoms with van der Waals surface area (Å²) in [4.78, 5) is 4.69. The van der Waals surface area contributed by atoms with Crippen molar-refractivity contribution in [1.82, 2.24) is 0 Å². The van der Waals surface area contributed by atoms with Gasteiger partial charge < -0.3 is 0 Å². The summed E-state index contributed by atoms with van der Waals surface area (Å²) in [7, 11) is 0. The van der Waals surface area contributed by atoms with Crippen molar-refractivity contribution in [3.05, 3.63) is 113 Å². The van der Waals surface area contributed by atoms with E-state index in [9.17, 15) is 0 Å². The highest BCUT2D eigenvalue weighted by atomic mass is 14.8. The van der Waals surface area contributed by atoms with Crippen LogP contribution in [-0.4, -0.2) is 5.71 Å². The normalized spacial score (nSPS) is 15.7. The van der Waals surface area contributed by atoms with Crippen LogP contribution in [0.4, 0.5) is 0 Å². The Morgan fingerprint density at radius 3 is 2.42 bits per heavy atom. The van der Waals surface area contributed by atoms with Gasteiger partial charge >= 0.3 is 0 Å². The standard InChI is InChI=1S/C25H21N/c1-16(10-11-21-14-17(2)18(21)3)25-24-15-22(20-8-6-5-7-9-20)12-13-23(24)19(4)26-25/h5-15H,1,4H2,2-3H3/b11-10-. The second-order valence-electron chi connectivity index (χ2n) is 6.80. The molecule has 1 nitrogen and oxygen atoms in total. The number of fused-ring (bicyclic) bond motifs is 1. The molecule has 0 spiro atoms. The molecule has 1 heterocycles. The molecule has 0 N–H and O–H groups in total. The summed E-state index contributed by atoms with van der Waals surface area (Å²) in [6.45, 7) is 12.6. The van der Waals surface area contributed by atoms with Crippen LogP contribution in [0.25, 0.3) is 16.8 Å². The highest BCUT2D eigenvalue weighted by Crippen LogP contribution is 2.34. The van der Waals surface area contributed by atoms with Gasteiger partial charge in [-0.1, -0.05) is 73.9 Å². The zero-order valence-corrected chi connectivity index (χ0v) is 15.2. The lowest BCUT2D eigenvalue weighted by atomic mass is 9.90. The zero-order chi connectivity index (χ0) is 18.3. The van der Waals surface area contributed by atoms with Crippen molar-refractivity contribution in [3.8, 4) is 11.1 Å². The summed E-state index contributed by atoms with van der Waals surface area (Å²) in [5.41, 5.74) is 11.2. The predicted molar refractivity (Wildman–Crippen MR) is 112 cm³/mol. The fourth-order valence-corrected chi connectivity index (χ4v) is 3.34. The van der Waals surface area contributed by atoms with Gasteiger partial charge in [0.05, 0.1) is 11.4 Å². The minimum absolute atomic E-state index is 0.805. The molecule has 0 fully saturated rings. The molecule has 0 atom stereocenters. The van der Waals surface area contributed by atoms with E-state index < -0.39 is 0 Å². The Balaban J connectivity index is 1.66. The van der Waals surface area contributed by atoms with Crippen LogP contribution in [0.2, 0.25) is 0 Å². The second kappa shape index (κ2) is 6.27. The Bertz CT molecular complexity index is 1060. The lowest BCUT2D eigenvalue weighted by molar-refractivity contribution is 1.23. The molecule has 0 saturated carbocycles. The number of nitrogens with zero attached hydrogens (tertiary/aromatic N) is 1. The molecular weight excluding hydrogens is 314 g/mol. The van der Waals surface area contributed by atoms with Gasteiger partial charge in [0.1, 0.15) is 0 Å². The zero-order valence-electron chi connectivity index (χ0n) is 15.2. The largest absolute Gasteiger partial charge is 0.248 e. The van der Waals surface area contributed by atoms with Crippen LogP contribution in [0.3, 0.4) is 0 Å². The molecule has 0 saturated heterocycles. The first-order valence-corrected chi connectivity index (χ1v) is 8.79. The van der Waals surface area contributed by atoms with Gasteiger partial charge in [-0.3, -0.25) is 0 Å². The van der Waals surface area contributed by atoms with E-state index in [0.29, 0.717) is 0 Å². The van der Waals surface area contributed by atoms with Crippen LogP contribution >= 0.6 is 0 Å². The van der Waals surface area contributed by atoms with Gasteiger partial charge in [-0.2, -0.15) is 0 Å². The van der Waals surface area contributed by atoms with Crippen molar-refractivity contribution < 1.29 is 0 Å². The third kappa shape index (κ3) is 2.72. The van der Waals surface area contributed by atoms with E-state index >= 15 is 0 Å². The van der Waals surface area contributed by atoms with Gasteiger partial charge in [0, 0.05) is 11.1 Å². The topological polar surface area (TPSA) is 12.4 Å². The third-order valence-electron chi connectivity index (χ3n) is 5.10. The molecule has 0 bridgehead atoms. The van der Waals surface area contributed by atoms with Crippen molar-refractivity contribution in [2.75, 3.05) is 0 Å². The molecule has 0 radical (unpaired) electrons. The fraction of sp³-hybridized carbons (Fsp3) is 0.0800. The lowest BCUT2D eigenvalue weighted by Gasteiger charge is -2.15. The lowest BCUT2D eigenvalue weighted by Crippen LogP contribution is -2.01. The number of allylic oxidation sites excluding steroid dienone is 7. The Hall–Kier alpha value is -3.19. The van der Waals surface area contributed by atoms with Crippen LogP contribution in [0.1, 0.15) is 25.0 Å². The molecule has 2 aliphatic rings. The highest BCUT2D eigenvalue weighted by molar-refractivity contribution is 6.21. The van der Waals surface area contributed by atoms with Crippen molar-refractivity contribution in [1.29, 1.82) is 0 Å². The van der Waals surface area contributed by atoms with Gasteiger partial charge in [0.25, 0.3) is 0 Å². The van der Waals surface area contributed by atoms with Crippen molar-refractivity contribution in [2.24, 2.45) is 4.99 Å². The summed E-state index contributed by atoms with van der Waals surface area (Å²) in [6, 6.07) is 16.8. The minimum Gasteiger partial charge on any atom is -0.248 e. The molecule has 0 amide bonds. The molecular formula is C25H21N. The first-order chi connectivity index (χ1) is 12.5. The molecule has 0 unspecified atom stereocenters. The van der Waals surface area contributed by atoms with Crippen molar-refractivity contribution in [3.63, 3.8) is 0 Å². The Labute approximate surface area is 155 Å². The molecule has 2 aromatic rings. The SMILES string of the molecule is C=C(/C=C\C1=C(C)C(C)=C1)C1=NC(=C)c2ccc(-c3ccccc3)cc21. The van der Waals surface area contributed by atoms with E-state index in [1.807, 2.05) is 6.07 Å². The van der Waals surface area contributed by atoms with Crippen LogP contribution in [0.15, 0.2) is 107 Å². The molecule has 4 rings (SSSR count). The van der Waals surface area contributed by atoms with E-state index in [1.165, 1.54) is 27.8 Å². The van der Waals surface area contributed by atoms with Crippen LogP contribution in [-0.2, 0) is 0 Å². The van der Waals surface area contributed by atoms with Gasteiger partial charge in [0.15, 0.2) is 0 Å². The van der Waals surface area contributed by atoms with Crippen LogP contribution < -0.4 is 0 Å². The van der Waals surface area contributed by atoms with Crippen molar-refractivity contribution in [2.45, 2.75) is 13.8 Å². The predicted octanol–water partition coefficient (Wildman–Crippen LogP) is 6.52. The van der Waals surface area contributed by atoms with Gasteiger partial charge in [-0.25, -0.2) is 4.99 Å². The minimum atomic E-state index is 0.805. The number of benzene rings is 2. The van der Waals surface area contributed by atoms with Gasteiger partial charge in [0.2, 0.25) is 0 Å². The molecule has 0 aromatic heterocycles. The average Bonchev–Trinajstić information content (AvgIpc) is 3.01. The Morgan fingerprint density at radius 2 is 1.73 bits per heavy atom. The second-order valence-corrected chi connectivity index (χ2v) is 6.80. The van der Waals surface area contributed by atoms with Crippen molar-refractivity contribution >= 4 is 11.4 Å². The molecule has 1 heteroatoms. The average molecular weight is 335 g/mol. The van der Waals surface area contributed by atoms with Crippen LogP contribution in [0.5, 0.6) is 0 Å². The number of hydrogen-bond donors (Lipinski definition) is 0. The molecule has 1 aliphatic carbocycles. The fourth-order valence-electron chi connectivity index (χ4n) is 3.34. The number of hydrogen-bond acceptors (Lipinski definition) is 1. The van der Waals surface area contributed by atoms with E-state index in [1.54, 1.807) is 0 Å². The smallest absolute Gasteiger partial charge is 0.0782 e. The highest BCUT2D eigenvalue weighted by Gasteiger charge is 2.21. The summed E-state index contributed by atoms with van der Waals surface area (Å²) < 4.78 is 0. The van der Waals surface area contributed by atoms with E-state index in [4.69, 9.17) is 0 Å². The summed E-state index contributed by atoms with van der Waals surface area (Å²) in [5.74, 6) is 0. The molecule has 126 valence electrons. The van der Waals surface area contributed by atoms with E-state index in [-0.39, 0.29) is 0 Å². The first-order valence-electron chi connectivity index (χ1n) is 8.79. The van der Waals surface area contributed by atoms with E-state index in [0.717, 1.165) is 28.1 Å². The molecule has 2 aromatic carbocycles. The maximum absolute atomic E-state index is 4.69. The van der Waals surface area contributed by atoms with Gasteiger partial charge in [-0.15, -0.1) is 0 Å². The molecule has 26 heavy (non-hydrogen) atoms. The quantitative estimate of drug-likeness (QED) is 0.564. The first kappa shape index (κ1) is 16.3. The summed E-state index contributed by atoms with van der Waals surface area (Å²) in [6.07, 6.45) is 6.36.